The van der Waals surface area contributed by atoms with Gasteiger partial charge in [-0.25, -0.2) is 14.0 Å². The summed E-state index contributed by atoms with van der Waals surface area (Å²) < 4.78 is 18.7. The van der Waals surface area contributed by atoms with Crippen LogP contribution in [0.1, 0.15) is 25.0 Å². The molecule has 0 bridgehead atoms. The Hall–Kier alpha value is -3.87. The molecule has 2 amide bonds. The molecule has 0 saturated heterocycles. The van der Waals surface area contributed by atoms with Crippen molar-refractivity contribution in [3.8, 4) is 5.75 Å². The largest absolute Gasteiger partial charge is 0.478 e. The molecule has 178 valence electrons. The SMILES string of the molecule is CC(C)(Oc1ccc(CCN(CCc2ccccc2)C(=O)Nc2ccc(F)cc2)cc1)C(=O)O. The quantitative estimate of drug-likeness (QED) is 0.422. The fourth-order valence-corrected chi connectivity index (χ4v) is 3.29. The van der Waals surface area contributed by atoms with Gasteiger partial charge in [0.1, 0.15) is 11.6 Å². The van der Waals surface area contributed by atoms with Crippen molar-refractivity contribution in [2.75, 3.05) is 18.4 Å². The Morgan fingerprint density at radius 3 is 2.00 bits per heavy atom. The summed E-state index contributed by atoms with van der Waals surface area (Å²) in [6, 6.07) is 22.5. The summed E-state index contributed by atoms with van der Waals surface area (Å²) in [6.07, 6.45) is 1.31. The molecule has 0 spiro atoms. The Morgan fingerprint density at radius 2 is 1.44 bits per heavy atom. The molecule has 2 N–H and O–H groups in total. The first kappa shape index (κ1) is 24.8. The Balaban J connectivity index is 1.64. The van der Waals surface area contributed by atoms with Crippen LogP contribution in [0, 0.1) is 5.82 Å². The highest BCUT2D eigenvalue weighted by atomic mass is 19.1. The first-order chi connectivity index (χ1) is 16.2. The number of carboxylic acids is 1. The molecule has 0 unspecified atom stereocenters. The second-order valence-electron chi connectivity index (χ2n) is 8.47. The highest BCUT2D eigenvalue weighted by molar-refractivity contribution is 5.89. The van der Waals surface area contributed by atoms with Crippen molar-refractivity contribution in [2.24, 2.45) is 0 Å². The molecule has 7 heteroatoms. The zero-order valence-electron chi connectivity index (χ0n) is 19.3. The standard InChI is InChI=1S/C27H29FN2O4/c1-27(2,25(31)32)34-24-14-8-21(9-15-24)17-19-30(18-16-20-6-4-3-5-7-20)26(33)29-23-12-10-22(28)11-13-23/h3-15H,16-19H2,1-2H3,(H,29,33)(H,31,32). The third-order valence-electron chi connectivity index (χ3n) is 5.38. The minimum atomic E-state index is -1.33. The van der Waals surface area contributed by atoms with Crippen LogP contribution in [0.25, 0.3) is 0 Å². The van der Waals surface area contributed by atoms with Crippen LogP contribution in [-0.4, -0.2) is 40.7 Å². The number of halogens is 1. The van der Waals surface area contributed by atoms with Crippen LogP contribution >= 0.6 is 0 Å². The van der Waals surface area contributed by atoms with E-state index in [9.17, 15) is 19.1 Å². The second-order valence-corrected chi connectivity index (χ2v) is 8.47. The topological polar surface area (TPSA) is 78.9 Å². The fraction of sp³-hybridized carbons (Fsp3) is 0.259. The number of hydrogen-bond acceptors (Lipinski definition) is 3. The van der Waals surface area contributed by atoms with E-state index >= 15 is 0 Å². The van der Waals surface area contributed by atoms with E-state index in [-0.39, 0.29) is 11.8 Å². The molecule has 3 aromatic rings. The number of carboxylic acid groups (broad SMARTS) is 1. The lowest BCUT2D eigenvalue weighted by Gasteiger charge is -2.24. The van der Waals surface area contributed by atoms with E-state index in [0.717, 1.165) is 11.1 Å². The fourth-order valence-electron chi connectivity index (χ4n) is 3.29. The van der Waals surface area contributed by atoms with Crippen LogP contribution in [0.15, 0.2) is 78.9 Å². The van der Waals surface area contributed by atoms with E-state index in [0.29, 0.717) is 37.4 Å². The molecule has 6 nitrogen and oxygen atoms in total. The summed E-state index contributed by atoms with van der Waals surface area (Å²) in [4.78, 5) is 25.9. The number of carbonyl (C=O) groups is 2. The van der Waals surface area contributed by atoms with Crippen molar-refractivity contribution in [1.29, 1.82) is 0 Å². The van der Waals surface area contributed by atoms with E-state index in [2.05, 4.69) is 5.32 Å². The van der Waals surface area contributed by atoms with Gasteiger partial charge < -0.3 is 20.1 Å². The van der Waals surface area contributed by atoms with E-state index in [1.165, 1.54) is 38.1 Å². The number of amides is 2. The van der Waals surface area contributed by atoms with E-state index in [4.69, 9.17) is 4.74 Å². The van der Waals surface area contributed by atoms with Crippen molar-refractivity contribution in [3.63, 3.8) is 0 Å². The number of nitrogens with one attached hydrogen (secondary N) is 1. The van der Waals surface area contributed by atoms with Crippen LogP contribution in [0.2, 0.25) is 0 Å². The lowest BCUT2D eigenvalue weighted by atomic mass is 10.1. The average molecular weight is 465 g/mol. The average Bonchev–Trinajstić information content (AvgIpc) is 2.82. The number of hydrogen-bond donors (Lipinski definition) is 2. The summed E-state index contributed by atoms with van der Waals surface area (Å²) in [5.74, 6) is -0.943. The molecular weight excluding hydrogens is 435 g/mol. The van der Waals surface area contributed by atoms with Gasteiger partial charge in [-0.2, -0.15) is 0 Å². The number of ether oxygens (including phenoxy) is 1. The van der Waals surface area contributed by atoms with Gasteiger partial charge in [0, 0.05) is 18.8 Å². The van der Waals surface area contributed by atoms with E-state index in [1.807, 2.05) is 42.5 Å². The summed E-state index contributed by atoms with van der Waals surface area (Å²) in [5.41, 5.74) is 1.32. The molecule has 34 heavy (non-hydrogen) atoms. The van der Waals surface area contributed by atoms with Crippen LogP contribution in [-0.2, 0) is 17.6 Å². The molecule has 0 saturated carbocycles. The molecule has 0 atom stereocenters. The monoisotopic (exact) mass is 464 g/mol. The lowest BCUT2D eigenvalue weighted by Crippen LogP contribution is -2.38. The minimum Gasteiger partial charge on any atom is -0.478 e. The normalized spacial score (nSPS) is 11.0. The summed E-state index contributed by atoms with van der Waals surface area (Å²) in [6.45, 7) is 3.98. The smallest absolute Gasteiger partial charge is 0.347 e. The number of nitrogens with zero attached hydrogens (tertiary/aromatic N) is 1. The maximum Gasteiger partial charge on any atom is 0.347 e. The number of aliphatic carboxylic acids is 1. The van der Waals surface area contributed by atoms with Crippen molar-refractivity contribution >= 4 is 17.7 Å². The molecule has 0 aromatic heterocycles. The molecule has 3 rings (SSSR count). The minimum absolute atomic E-state index is 0.259. The van der Waals surface area contributed by atoms with Gasteiger partial charge in [-0.05, 0) is 74.2 Å². The number of anilines is 1. The van der Waals surface area contributed by atoms with E-state index in [1.54, 1.807) is 17.0 Å². The maximum absolute atomic E-state index is 13.2. The van der Waals surface area contributed by atoms with Crippen molar-refractivity contribution in [2.45, 2.75) is 32.3 Å². The Kier molecular flexibility index (Phi) is 8.24. The predicted octanol–water partition coefficient (Wildman–Crippen LogP) is 5.39. The predicted molar refractivity (Wildman–Crippen MR) is 130 cm³/mol. The number of rotatable bonds is 10. The van der Waals surface area contributed by atoms with Gasteiger partial charge in [0.25, 0.3) is 0 Å². The van der Waals surface area contributed by atoms with Crippen LogP contribution < -0.4 is 10.1 Å². The summed E-state index contributed by atoms with van der Waals surface area (Å²) >= 11 is 0. The Bertz CT molecular complexity index is 1080. The van der Waals surface area contributed by atoms with Gasteiger partial charge in [0.05, 0.1) is 0 Å². The summed E-state index contributed by atoms with van der Waals surface area (Å²) in [5, 5.41) is 12.1. The molecule has 0 aliphatic rings. The zero-order valence-corrected chi connectivity index (χ0v) is 19.3. The van der Waals surface area contributed by atoms with Crippen LogP contribution in [0.4, 0.5) is 14.9 Å². The highest BCUT2D eigenvalue weighted by Crippen LogP contribution is 2.20. The van der Waals surface area contributed by atoms with Gasteiger partial charge in [0.2, 0.25) is 0 Å². The van der Waals surface area contributed by atoms with Gasteiger partial charge in [-0.1, -0.05) is 42.5 Å². The molecule has 0 heterocycles. The zero-order chi connectivity index (χ0) is 24.6. The third kappa shape index (κ3) is 7.33. The molecular formula is C27H29FN2O4. The maximum atomic E-state index is 13.2. The van der Waals surface area contributed by atoms with Gasteiger partial charge >= 0.3 is 12.0 Å². The second kappa shape index (κ2) is 11.3. The van der Waals surface area contributed by atoms with Crippen molar-refractivity contribution < 1.29 is 23.8 Å². The number of carbonyl (C=O) groups excluding carboxylic acids is 1. The molecule has 0 radical (unpaired) electrons. The Labute approximate surface area is 199 Å². The van der Waals surface area contributed by atoms with Gasteiger partial charge in [-0.3, -0.25) is 0 Å². The highest BCUT2D eigenvalue weighted by Gasteiger charge is 2.29. The van der Waals surface area contributed by atoms with Gasteiger partial charge in [0.15, 0.2) is 5.60 Å². The van der Waals surface area contributed by atoms with Crippen molar-refractivity contribution in [3.05, 3.63) is 95.8 Å². The number of benzene rings is 3. The molecule has 3 aromatic carbocycles. The van der Waals surface area contributed by atoms with Crippen LogP contribution in [0.5, 0.6) is 5.75 Å². The lowest BCUT2D eigenvalue weighted by molar-refractivity contribution is -0.152. The molecule has 0 aliphatic carbocycles. The summed E-state index contributed by atoms with van der Waals surface area (Å²) in [7, 11) is 0. The first-order valence-corrected chi connectivity index (χ1v) is 11.1. The van der Waals surface area contributed by atoms with Crippen molar-refractivity contribution in [1.82, 2.24) is 4.90 Å². The van der Waals surface area contributed by atoms with E-state index < -0.39 is 11.6 Å². The molecule has 0 fully saturated rings. The number of urea groups is 1. The van der Waals surface area contributed by atoms with Gasteiger partial charge in [-0.15, -0.1) is 0 Å². The third-order valence-corrected chi connectivity index (χ3v) is 5.38. The first-order valence-electron chi connectivity index (χ1n) is 11.1. The Morgan fingerprint density at radius 1 is 0.882 bits per heavy atom. The molecule has 0 aliphatic heterocycles. The van der Waals surface area contributed by atoms with Crippen LogP contribution in [0.3, 0.4) is 0 Å².